The van der Waals surface area contributed by atoms with E-state index >= 15 is 0 Å². The van der Waals surface area contributed by atoms with Gasteiger partial charge in [-0.1, -0.05) is 24.3 Å². The zero-order valence-corrected chi connectivity index (χ0v) is 9.33. The smallest absolute Gasteiger partial charge is 0.113 e. The lowest BCUT2D eigenvalue weighted by Gasteiger charge is -1.98. The molecule has 0 radical (unpaired) electrons. The molecule has 0 aliphatic heterocycles. The molecular weight excluding hydrogens is 216 g/mol. The molecule has 6 nitrogen and oxygen atoms in total. The van der Waals surface area contributed by atoms with Gasteiger partial charge in [-0.25, -0.2) is 0 Å². The van der Waals surface area contributed by atoms with Gasteiger partial charge in [0.15, 0.2) is 0 Å². The van der Waals surface area contributed by atoms with E-state index in [1.54, 1.807) is 18.6 Å². The summed E-state index contributed by atoms with van der Waals surface area (Å²) in [4.78, 5) is 0. The van der Waals surface area contributed by atoms with Crippen LogP contribution in [0.3, 0.4) is 0 Å². The van der Waals surface area contributed by atoms with Crippen LogP contribution in [-0.2, 0) is 0 Å². The molecule has 0 aliphatic carbocycles. The number of hydrogen-bond donors (Lipinski definition) is 2. The van der Waals surface area contributed by atoms with Crippen LogP contribution in [0.2, 0.25) is 0 Å². The molecule has 0 saturated carbocycles. The highest BCUT2D eigenvalue weighted by Gasteiger charge is 2.01. The van der Waals surface area contributed by atoms with Crippen LogP contribution in [0.4, 0.5) is 0 Å². The van der Waals surface area contributed by atoms with Gasteiger partial charge in [-0.15, -0.1) is 0 Å². The number of rotatable bonds is 1. The average molecular weight is 228 g/mol. The molecular formula is C11H12N6. The Labute approximate surface area is 98.1 Å². The maximum Gasteiger partial charge on any atom is 0.113 e. The van der Waals surface area contributed by atoms with Crippen molar-refractivity contribution in [2.24, 2.45) is 0 Å². The Morgan fingerprint density at radius 1 is 0.941 bits per heavy atom. The first-order valence-corrected chi connectivity index (χ1v) is 5.09. The molecule has 0 unspecified atom stereocenters. The topological polar surface area (TPSA) is 83.1 Å². The third-order valence-corrected chi connectivity index (χ3v) is 2.17. The minimum Gasteiger partial charge on any atom is -0.198 e. The molecule has 6 heteroatoms. The van der Waals surface area contributed by atoms with Gasteiger partial charge in [0.1, 0.15) is 5.69 Å². The van der Waals surface area contributed by atoms with Crippen molar-refractivity contribution in [1.29, 1.82) is 0 Å². The first kappa shape index (κ1) is 11.0. The van der Waals surface area contributed by atoms with Gasteiger partial charge in [0.2, 0.25) is 0 Å². The summed E-state index contributed by atoms with van der Waals surface area (Å²) in [5, 5.41) is 19.7. The zero-order valence-electron chi connectivity index (χ0n) is 9.33. The molecule has 0 bridgehead atoms. The SMILES string of the molecule is Cc1ccccc1-c1cn[nH]n1.c1cn[nH]n1. The second-order valence-electron chi connectivity index (χ2n) is 3.33. The fraction of sp³-hybridized carbons (Fsp3) is 0.0909. The quantitative estimate of drug-likeness (QED) is 0.662. The van der Waals surface area contributed by atoms with Crippen molar-refractivity contribution >= 4 is 0 Å². The number of hydrogen-bond acceptors (Lipinski definition) is 4. The normalized spacial score (nSPS) is 9.47. The molecule has 0 saturated heterocycles. The van der Waals surface area contributed by atoms with E-state index in [9.17, 15) is 0 Å². The van der Waals surface area contributed by atoms with Gasteiger partial charge >= 0.3 is 0 Å². The Hall–Kier alpha value is -2.50. The fourth-order valence-corrected chi connectivity index (χ4v) is 1.36. The maximum absolute atomic E-state index is 4.01. The first-order valence-electron chi connectivity index (χ1n) is 5.09. The van der Waals surface area contributed by atoms with Gasteiger partial charge in [-0.2, -0.15) is 30.8 Å². The Balaban J connectivity index is 0.000000181. The number of nitrogens with zero attached hydrogens (tertiary/aromatic N) is 4. The molecule has 1 aromatic carbocycles. The van der Waals surface area contributed by atoms with Crippen molar-refractivity contribution in [1.82, 2.24) is 30.8 Å². The van der Waals surface area contributed by atoms with E-state index < -0.39 is 0 Å². The standard InChI is InChI=1S/C9H9N3.C2H3N3/c1-7-4-2-3-5-8(7)9-6-10-12-11-9;1-2-4-5-3-1/h2-6H,1H3,(H,10,11,12);1-2H,(H,3,4,5). The summed E-state index contributed by atoms with van der Waals surface area (Å²) in [5.74, 6) is 0. The maximum atomic E-state index is 4.01. The highest BCUT2D eigenvalue weighted by Crippen LogP contribution is 2.18. The van der Waals surface area contributed by atoms with Gasteiger partial charge in [0, 0.05) is 5.56 Å². The Kier molecular flexibility index (Phi) is 3.59. The first-order chi connectivity index (χ1) is 8.38. The molecule has 17 heavy (non-hydrogen) atoms. The predicted molar refractivity (Wildman–Crippen MR) is 62.9 cm³/mol. The number of nitrogens with one attached hydrogen (secondary N) is 2. The summed E-state index contributed by atoms with van der Waals surface area (Å²) in [6.45, 7) is 2.06. The minimum atomic E-state index is 0.896. The van der Waals surface area contributed by atoms with Gasteiger partial charge in [-0.3, -0.25) is 0 Å². The molecule has 86 valence electrons. The largest absolute Gasteiger partial charge is 0.198 e. The van der Waals surface area contributed by atoms with Crippen LogP contribution >= 0.6 is 0 Å². The monoisotopic (exact) mass is 228 g/mol. The summed E-state index contributed by atoms with van der Waals surface area (Å²) in [5.41, 5.74) is 3.24. The van der Waals surface area contributed by atoms with Crippen LogP contribution < -0.4 is 0 Å². The van der Waals surface area contributed by atoms with Crippen molar-refractivity contribution in [3.05, 3.63) is 48.4 Å². The Morgan fingerprint density at radius 3 is 2.24 bits per heavy atom. The summed E-state index contributed by atoms with van der Waals surface area (Å²) in [6, 6.07) is 8.10. The van der Waals surface area contributed by atoms with Crippen LogP contribution in [0.25, 0.3) is 11.3 Å². The molecule has 2 N–H and O–H groups in total. The van der Waals surface area contributed by atoms with Gasteiger partial charge in [0.25, 0.3) is 0 Å². The molecule has 0 spiro atoms. The van der Waals surface area contributed by atoms with Gasteiger partial charge in [-0.05, 0) is 12.5 Å². The third-order valence-electron chi connectivity index (χ3n) is 2.17. The van der Waals surface area contributed by atoms with Crippen LogP contribution in [0.15, 0.2) is 42.9 Å². The lowest BCUT2D eigenvalue weighted by Crippen LogP contribution is -1.81. The van der Waals surface area contributed by atoms with Gasteiger partial charge < -0.3 is 0 Å². The number of aromatic amines is 2. The average Bonchev–Trinajstić information content (AvgIpc) is 3.06. The molecule has 3 aromatic rings. The number of H-pyrrole nitrogens is 2. The molecule has 0 fully saturated rings. The number of aryl methyl sites for hydroxylation is 1. The summed E-state index contributed by atoms with van der Waals surface area (Å²) < 4.78 is 0. The van der Waals surface area contributed by atoms with Crippen LogP contribution in [-0.4, -0.2) is 30.8 Å². The molecule has 2 aromatic heterocycles. The van der Waals surface area contributed by atoms with E-state index in [0.717, 1.165) is 11.3 Å². The van der Waals surface area contributed by atoms with E-state index in [0.29, 0.717) is 0 Å². The second kappa shape index (κ2) is 5.55. The van der Waals surface area contributed by atoms with Crippen molar-refractivity contribution in [2.75, 3.05) is 0 Å². The van der Waals surface area contributed by atoms with E-state index in [2.05, 4.69) is 43.8 Å². The van der Waals surface area contributed by atoms with Crippen LogP contribution in [0.1, 0.15) is 5.56 Å². The fourth-order valence-electron chi connectivity index (χ4n) is 1.36. The lowest BCUT2D eigenvalue weighted by molar-refractivity contribution is 0.940. The number of benzene rings is 1. The molecule has 0 aliphatic rings. The van der Waals surface area contributed by atoms with E-state index in [1.807, 2.05) is 18.2 Å². The molecule has 2 heterocycles. The highest BCUT2D eigenvalue weighted by molar-refractivity contribution is 5.61. The molecule has 0 atom stereocenters. The Morgan fingerprint density at radius 2 is 1.71 bits per heavy atom. The minimum absolute atomic E-state index is 0.896. The summed E-state index contributed by atoms with van der Waals surface area (Å²) >= 11 is 0. The third kappa shape index (κ3) is 2.97. The molecule has 0 amide bonds. The number of aromatic nitrogens is 6. The van der Waals surface area contributed by atoms with Crippen LogP contribution in [0.5, 0.6) is 0 Å². The lowest BCUT2D eigenvalue weighted by atomic mass is 10.1. The van der Waals surface area contributed by atoms with E-state index in [4.69, 9.17) is 0 Å². The van der Waals surface area contributed by atoms with Crippen molar-refractivity contribution in [3.8, 4) is 11.3 Å². The highest BCUT2D eigenvalue weighted by atomic mass is 15.3. The second-order valence-corrected chi connectivity index (χ2v) is 3.33. The zero-order chi connectivity index (χ0) is 11.9. The van der Waals surface area contributed by atoms with Crippen molar-refractivity contribution in [2.45, 2.75) is 6.92 Å². The van der Waals surface area contributed by atoms with E-state index in [-0.39, 0.29) is 0 Å². The predicted octanol–water partition coefficient (Wildman–Crippen LogP) is 1.58. The summed E-state index contributed by atoms with van der Waals surface area (Å²) in [6.07, 6.45) is 4.89. The Bertz CT molecular complexity index is 512. The van der Waals surface area contributed by atoms with Crippen molar-refractivity contribution in [3.63, 3.8) is 0 Å². The van der Waals surface area contributed by atoms with Gasteiger partial charge in [0.05, 0.1) is 18.6 Å². The van der Waals surface area contributed by atoms with Crippen LogP contribution in [0, 0.1) is 6.92 Å². The van der Waals surface area contributed by atoms with Crippen molar-refractivity contribution < 1.29 is 0 Å². The molecule has 3 rings (SSSR count). The van der Waals surface area contributed by atoms with E-state index in [1.165, 1.54) is 5.56 Å². The summed E-state index contributed by atoms with van der Waals surface area (Å²) in [7, 11) is 0.